The van der Waals surface area contributed by atoms with Gasteiger partial charge in [-0.3, -0.25) is 0 Å². The van der Waals surface area contributed by atoms with Crippen molar-refractivity contribution in [3.63, 3.8) is 0 Å². The standard InChI is InChI=1S/C38H76O3/c1-4-7-10-13-16-18-20-21-22-23-25-27-30-33-36-38(37(39)41-40,34-31-28-15-12-9-6-3)35-32-29-26-24-19-17-14-11-8-5-2/h40H,4-36H2,1-3H3. The molecule has 0 aliphatic carbocycles. The van der Waals surface area contributed by atoms with E-state index in [4.69, 9.17) is 0 Å². The van der Waals surface area contributed by atoms with Crippen LogP contribution in [0.3, 0.4) is 0 Å². The van der Waals surface area contributed by atoms with E-state index >= 15 is 0 Å². The molecule has 0 aromatic rings. The summed E-state index contributed by atoms with van der Waals surface area (Å²) in [5.74, 6) is -0.350. The fraction of sp³-hybridized carbons (Fsp3) is 0.974. The molecule has 3 heteroatoms. The maximum atomic E-state index is 13.0. The van der Waals surface area contributed by atoms with Crippen molar-refractivity contribution in [2.24, 2.45) is 5.41 Å². The van der Waals surface area contributed by atoms with Crippen molar-refractivity contribution in [2.45, 2.75) is 233 Å². The van der Waals surface area contributed by atoms with Crippen LogP contribution in [0.4, 0.5) is 0 Å². The molecule has 0 fully saturated rings. The predicted octanol–water partition coefficient (Wildman–Crippen LogP) is 13.9. The molecule has 246 valence electrons. The first-order valence-corrected chi connectivity index (χ1v) is 19.0. The molecule has 1 N–H and O–H groups in total. The van der Waals surface area contributed by atoms with Gasteiger partial charge in [0.2, 0.25) is 0 Å². The molecule has 0 saturated carbocycles. The largest absolute Gasteiger partial charge is 0.348 e. The third kappa shape index (κ3) is 25.6. The molecule has 0 rings (SSSR count). The highest BCUT2D eigenvalue weighted by Crippen LogP contribution is 2.39. The molecule has 3 nitrogen and oxygen atoms in total. The van der Waals surface area contributed by atoms with Crippen molar-refractivity contribution < 1.29 is 14.9 Å². The summed E-state index contributed by atoms with van der Waals surface area (Å²) in [5.41, 5.74) is -0.475. The zero-order valence-corrected chi connectivity index (χ0v) is 28.6. The monoisotopic (exact) mass is 581 g/mol. The van der Waals surface area contributed by atoms with Crippen LogP contribution in [0.15, 0.2) is 0 Å². The van der Waals surface area contributed by atoms with E-state index in [1.165, 1.54) is 173 Å². The summed E-state index contributed by atoms with van der Waals surface area (Å²) in [4.78, 5) is 17.5. The number of carbonyl (C=O) groups is 1. The lowest BCUT2D eigenvalue weighted by atomic mass is 9.74. The Morgan fingerprint density at radius 3 is 0.780 bits per heavy atom. The van der Waals surface area contributed by atoms with Crippen LogP contribution >= 0.6 is 0 Å². The maximum Gasteiger partial charge on any atom is 0.348 e. The van der Waals surface area contributed by atoms with E-state index in [1.807, 2.05) is 0 Å². The second-order valence-electron chi connectivity index (χ2n) is 13.5. The van der Waals surface area contributed by atoms with Gasteiger partial charge in [0.05, 0.1) is 5.41 Å². The number of rotatable bonds is 34. The lowest BCUT2D eigenvalue weighted by Crippen LogP contribution is -2.33. The first-order chi connectivity index (χ1) is 20.2. The zero-order chi connectivity index (χ0) is 30.1. The molecule has 0 aliphatic rings. The molecule has 0 aliphatic heterocycles. The summed E-state index contributed by atoms with van der Waals surface area (Å²) in [5, 5.41) is 9.47. The molecule has 0 radical (unpaired) electrons. The van der Waals surface area contributed by atoms with Crippen molar-refractivity contribution in [3.8, 4) is 0 Å². The van der Waals surface area contributed by atoms with Gasteiger partial charge in [-0.25, -0.2) is 4.79 Å². The van der Waals surface area contributed by atoms with E-state index in [-0.39, 0.29) is 5.97 Å². The normalized spacial score (nSPS) is 13.0. The van der Waals surface area contributed by atoms with Gasteiger partial charge in [0.15, 0.2) is 0 Å². The summed E-state index contributed by atoms with van der Waals surface area (Å²) < 4.78 is 0. The highest BCUT2D eigenvalue weighted by atomic mass is 17.1. The third-order valence-corrected chi connectivity index (χ3v) is 9.54. The maximum absolute atomic E-state index is 13.0. The molecular weight excluding hydrogens is 504 g/mol. The van der Waals surface area contributed by atoms with E-state index < -0.39 is 5.41 Å². The van der Waals surface area contributed by atoms with Crippen LogP contribution in [0, 0.1) is 5.41 Å². The number of carbonyl (C=O) groups excluding carboxylic acids is 1. The van der Waals surface area contributed by atoms with Crippen LogP contribution in [-0.2, 0) is 9.68 Å². The van der Waals surface area contributed by atoms with E-state index in [0.717, 1.165) is 38.5 Å². The Morgan fingerprint density at radius 2 is 0.585 bits per heavy atom. The fourth-order valence-electron chi connectivity index (χ4n) is 6.63. The van der Waals surface area contributed by atoms with Crippen LogP contribution in [-0.4, -0.2) is 11.2 Å². The van der Waals surface area contributed by atoms with E-state index in [2.05, 4.69) is 25.7 Å². The lowest BCUT2D eigenvalue weighted by Gasteiger charge is -2.30. The van der Waals surface area contributed by atoms with E-state index in [9.17, 15) is 10.1 Å². The number of hydrogen-bond donors (Lipinski definition) is 1. The van der Waals surface area contributed by atoms with Gasteiger partial charge in [0.25, 0.3) is 0 Å². The predicted molar refractivity (Wildman–Crippen MR) is 181 cm³/mol. The Balaban J connectivity index is 4.37. The second-order valence-corrected chi connectivity index (χ2v) is 13.5. The van der Waals surface area contributed by atoms with Gasteiger partial charge >= 0.3 is 5.97 Å². The van der Waals surface area contributed by atoms with Gasteiger partial charge in [-0.1, -0.05) is 213 Å². The topological polar surface area (TPSA) is 46.5 Å². The summed E-state index contributed by atoms with van der Waals surface area (Å²) in [6.45, 7) is 6.82. The van der Waals surface area contributed by atoms with Gasteiger partial charge in [0.1, 0.15) is 0 Å². The smallest absolute Gasteiger partial charge is 0.300 e. The van der Waals surface area contributed by atoms with Gasteiger partial charge < -0.3 is 4.89 Å². The van der Waals surface area contributed by atoms with Crippen LogP contribution < -0.4 is 0 Å². The Morgan fingerprint density at radius 1 is 0.390 bits per heavy atom. The quantitative estimate of drug-likeness (QED) is 0.0468. The first-order valence-electron chi connectivity index (χ1n) is 19.0. The Kier molecular flexibility index (Phi) is 31.9. The molecule has 0 bridgehead atoms. The molecule has 0 aromatic heterocycles. The minimum atomic E-state index is -0.475. The minimum absolute atomic E-state index is 0.350. The van der Waals surface area contributed by atoms with Crippen LogP contribution in [0.2, 0.25) is 0 Å². The van der Waals surface area contributed by atoms with Crippen LogP contribution in [0.25, 0.3) is 0 Å². The Labute approximate surface area is 258 Å². The fourth-order valence-corrected chi connectivity index (χ4v) is 6.63. The molecule has 0 amide bonds. The van der Waals surface area contributed by atoms with Crippen molar-refractivity contribution in [1.82, 2.24) is 0 Å². The zero-order valence-electron chi connectivity index (χ0n) is 28.6. The van der Waals surface area contributed by atoms with Crippen LogP contribution in [0.5, 0.6) is 0 Å². The van der Waals surface area contributed by atoms with Crippen molar-refractivity contribution in [1.29, 1.82) is 0 Å². The Hall–Kier alpha value is -0.570. The van der Waals surface area contributed by atoms with Crippen molar-refractivity contribution in [3.05, 3.63) is 0 Å². The molecule has 1 atom stereocenters. The molecule has 0 spiro atoms. The number of hydrogen-bond acceptors (Lipinski definition) is 3. The molecule has 1 unspecified atom stereocenters. The number of unbranched alkanes of at least 4 members (excludes halogenated alkanes) is 27. The molecule has 0 heterocycles. The van der Waals surface area contributed by atoms with Gasteiger partial charge in [-0.2, -0.15) is 5.26 Å². The second kappa shape index (κ2) is 32.3. The molecule has 0 aromatic carbocycles. The van der Waals surface area contributed by atoms with Crippen molar-refractivity contribution in [2.75, 3.05) is 0 Å². The summed E-state index contributed by atoms with van der Waals surface area (Å²) in [6.07, 6.45) is 42.0. The van der Waals surface area contributed by atoms with Gasteiger partial charge in [-0.05, 0) is 19.3 Å². The van der Waals surface area contributed by atoms with E-state index in [1.54, 1.807) is 0 Å². The Bertz CT molecular complexity index is 520. The molecule has 0 saturated heterocycles. The molecular formula is C38H76O3. The summed E-state index contributed by atoms with van der Waals surface area (Å²) >= 11 is 0. The first kappa shape index (κ1) is 40.4. The highest BCUT2D eigenvalue weighted by Gasteiger charge is 2.38. The average molecular weight is 581 g/mol. The van der Waals surface area contributed by atoms with Crippen molar-refractivity contribution >= 4 is 5.97 Å². The average Bonchev–Trinajstić information content (AvgIpc) is 2.99. The van der Waals surface area contributed by atoms with Gasteiger partial charge in [-0.15, -0.1) is 0 Å². The lowest BCUT2D eigenvalue weighted by molar-refractivity contribution is -0.247. The van der Waals surface area contributed by atoms with Crippen LogP contribution in [0.1, 0.15) is 233 Å². The summed E-state index contributed by atoms with van der Waals surface area (Å²) in [7, 11) is 0. The summed E-state index contributed by atoms with van der Waals surface area (Å²) in [6, 6.07) is 0. The van der Waals surface area contributed by atoms with E-state index in [0.29, 0.717) is 0 Å². The third-order valence-electron chi connectivity index (χ3n) is 9.54. The minimum Gasteiger partial charge on any atom is -0.300 e. The molecule has 41 heavy (non-hydrogen) atoms. The van der Waals surface area contributed by atoms with Gasteiger partial charge in [0, 0.05) is 0 Å². The highest BCUT2D eigenvalue weighted by molar-refractivity contribution is 5.76. The SMILES string of the molecule is CCCCCCCCCCCCCCCCC(CCCCCCCC)(CCCCCCCCCCCC)C(=O)OO.